The molecule has 0 aromatic carbocycles. The van der Waals surface area contributed by atoms with E-state index >= 15 is 0 Å². The van der Waals surface area contributed by atoms with Gasteiger partial charge in [0.25, 0.3) is 5.91 Å². The van der Waals surface area contributed by atoms with Crippen LogP contribution in [-0.2, 0) is 7.05 Å². The van der Waals surface area contributed by atoms with E-state index < -0.39 is 0 Å². The van der Waals surface area contributed by atoms with Gasteiger partial charge >= 0.3 is 0 Å². The highest BCUT2D eigenvalue weighted by Crippen LogP contribution is 2.41. The first-order chi connectivity index (χ1) is 8.22. The van der Waals surface area contributed by atoms with Gasteiger partial charge in [0.15, 0.2) is 0 Å². The summed E-state index contributed by atoms with van der Waals surface area (Å²) in [6.07, 6.45) is 5.96. The fourth-order valence-electron chi connectivity index (χ4n) is 1.78. The molecular formula is C12H13N3OS. The summed E-state index contributed by atoms with van der Waals surface area (Å²) < 4.78 is 1.67. The maximum atomic E-state index is 11.9. The molecule has 2 aromatic heterocycles. The normalized spacial score (nSPS) is 14.9. The highest BCUT2D eigenvalue weighted by molar-refractivity contribution is 7.12. The van der Waals surface area contributed by atoms with E-state index in [0.29, 0.717) is 5.92 Å². The number of nitrogens with one attached hydrogen (secondary N) is 1. The minimum absolute atomic E-state index is 0.0464. The number of hydrogen-bond acceptors (Lipinski definition) is 3. The predicted octanol–water partition coefficient (Wildman–Crippen LogP) is 2.61. The molecule has 88 valence electrons. The van der Waals surface area contributed by atoms with E-state index in [2.05, 4.69) is 15.8 Å². The van der Waals surface area contributed by atoms with Crippen molar-refractivity contribution in [1.82, 2.24) is 9.78 Å². The monoisotopic (exact) mass is 247 g/mol. The Morgan fingerprint density at radius 2 is 2.41 bits per heavy atom. The van der Waals surface area contributed by atoms with Gasteiger partial charge in [-0.15, -0.1) is 11.3 Å². The molecule has 1 aliphatic carbocycles. The van der Waals surface area contributed by atoms with Crippen molar-refractivity contribution in [2.24, 2.45) is 7.05 Å². The average molecular weight is 247 g/mol. The van der Waals surface area contributed by atoms with E-state index in [4.69, 9.17) is 0 Å². The molecule has 0 radical (unpaired) electrons. The van der Waals surface area contributed by atoms with Gasteiger partial charge in [-0.25, -0.2) is 0 Å². The van der Waals surface area contributed by atoms with E-state index in [9.17, 15) is 4.79 Å². The molecule has 4 nitrogen and oxygen atoms in total. The molecule has 0 atom stereocenters. The standard InChI is InChI=1S/C12H13N3OS/c1-15-6-10(5-13-15)14-12(16)11-4-9(7-17-11)8-2-3-8/h4-8H,2-3H2,1H3,(H,14,16). The first kappa shape index (κ1) is 10.5. The fourth-order valence-corrected chi connectivity index (χ4v) is 2.66. The molecule has 1 N–H and O–H groups in total. The molecule has 0 bridgehead atoms. The van der Waals surface area contributed by atoms with Crippen molar-refractivity contribution in [1.29, 1.82) is 0 Å². The quantitative estimate of drug-likeness (QED) is 0.906. The summed E-state index contributed by atoms with van der Waals surface area (Å²) in [6, 6.07) is 2.01. The van der Waals surface area contributed by atoms with Crippen LogP contribution in [0.3, 0.4) is 0 Å². The SMILES string of the molecule is Cn1cc(NC(=O)c2cc(C3CC3)cs2)cn1. The zero-order valence-electron chi connectivity index (χ0n) is 9.51. The molecule has 0 unspecified atom stereocenters. The Morgan fingerprint density at radius 3 is 3.06 bits per heavy atom. The van der Waals surface area contributed by atoms with Gasteiger partial charge in [-0.1, -0.05) is 0 Å². The summed E-state index contributed by atoms with van der Waals surface area (Å²) in [7, 11) is 1.83. The van der Waals surface area contributed by atoms with Gasteiger partial charge in [-0.05, 0) is 35.8 Å². The zero-order chi connectivity index (χ0) is 11.8. The lowest BCUT2D eigenvalue weighted by atomic mass is 10.2. The van der Waals surface area contributed by atoms with Gasteiger partial charge < -0.3 is 5.32 Å². The summed E-state index contributed by atoms with van der Waals surface area (Å²) >= 11 is 1.51. The fraction of sp³-hybridized carbons (Fsp3) is 0.333. The number of thiophene rings is 1. The topological polar surface area (TPSA) is 46.9 Å². The molecule has 0 saturated heterocycles. The first-order valence-electron chi connectivity index (χ1n) is 5.61. The summed E-state index contributed by atoms with van der Waals surface area (Å²) in [5.74, 6) is 0.654. The third-order valence-electron chi connectivity index (χ3n) is 2.86. The Labute approximate surface area is 103 Å². The molecule has 17 heavy (non-hydrogen) atoms. The van der Waals surface area contributed by atoms with Crippen molar-refractivity contribution in [2.45, 2.75) is 18.8 Å². The van der Waals surface area contributed by atoms with E-state index in [-0.39, 0.29) is 5.91 Å². The molecule has 1 fully saturated rings. The van der Waals surface area contributed by atoms with Crippen molar-refractivity contribution >= 4 is 22.9 Å². The largest absolute Gasteiger partial charge is 0.319 e. The van der Waals surface area contributed by atoms with E-state index in [1.807, 2.05) is 13.1 Å². The second-order valence-corrected chi connectivity index (χ2v) is 5.29. The van der Waals surface area contributed by atoms with E-state index in [1.165, 1.54) is 29.7 Å². The Hall–Kier alpha value is -1.62. The smallest absolute Gasteiger partial charge is 0.265 e. The minimum Gasteiger partial charge on any atom is -0.319 e. The van der Waals surface area contributed by atoms with Gasteiger partial charge in [0, 0.05) is 13.2 Å². The summed E-state index contributed by atoms with van der Waals surface area (Å²) in [4.78, 5) is 12.7. The van der Waals surface area contributed by atoms with E-state index in [1.54, 1.807) is 17.1 Å². The maximum Gasteiger partial charge on any atom is 0.265 e. The first-order valence-corrected chi connectivity index (χ1v) is 6.49. The van der Waals surface area contributed by atoms with Crippen LogP contribution in [0.5, 0.6) is 0 Å². The van der Waals surface area contributed by atoms with Crippen LogP contribution >= 0.6 is 11.3 Å². The van der Waals surface area contributed by atoms with Crippen molar-refractivity contribution in [2.75, 3.05) is 5.32 Å². The third kappa shape index (κ3) is 2.24. The summed E-state index contributed by atoms with van der Waals surface area (Å²) in [5, 5.41) is 8.95. The van der Waals surface area contributed by atoms with Crippen LogP contribution < -0.4 is 5.32 Å². The third-order valence-corrected chi connectivity index (χ3v) is 3.80. The van der Waals surface area contributed by atoms with Gasteiger partial charge in [-0.2, -0.15) is 5.10 Å². The highest BCUT2D eigenvalue weighted by atomic mass is 32.1. The van der Waals surface area contributed by atoms with Crippen molar-refractivity contribution in [3.63, 3.8) is 0 Å². The van der Waals surface area contributed by atoms with E-state index in [0.717, 1.165) is 10.6 Å². The van der Waals surface area contributed by atoms with Crippen molar-refractivity contribution in [3.05, 3.63) is 34.3 Å². The molecule has 5 heteroatoms. The average Bonchev–Trinajstić information content (AvgIpc) is 2.88. The summed E-state index contributed by atoms with van der Waals surface area (Å²) in [5.41, 5.74) is 2.05. The lowest BCUT2D eigenvalue weighted by Gasteiger charge is -1.98. The van der Waals surface area contributed by atoms with Crippen LogP contribution in [0.4, 0.5) is 5.69 Å². The zero-order valence-corrected chi connectivity index (χ0v) is 10.3. The van der Waals surface area contributed by atoms with Crippen LogP contribution in [0.15, 0.2) is 23.8 Å². The van der Waals surface area contributed by atoms with Crippen LogP contribution in [0, 0.1) is 0 Å². The van der Waals surface area contributed by atoms with Crippen molar-refractivity contribution < 1.29 is 4.79 Å². The molecule has 1 amide bonds. The predicted molar refractivity (Wildman–Crippen MR) is 67.5 cm³/mol. The van der Waals surface area contributed by atoms with Crippen LogP contribution in [0.1, 0.15) is 34.0 Å². The number of carbonyl (C=O) groups is 1. The van der Waals surface area contributed by atoms with Crippen LogP contribution in [0.25, 0.3) is 0 Å². The molecule has 1 aliphatic rings. The van der Waals surface area contributed by atoms with Gasteiger partial charge in [0.05, 0.1) is 16.8 Å². The second-order valence-electron chi connectivity index (χ2n) is 4.38. The number of aromatic nitrogens is 2. The lowest BCUT2D eigenvalue weighted by molar-refractivity contribution is 0.103. The second kappa shape index (κ2) is 4.00. The maximum absolute atomic E-state index is 11.9. The molecule has 0 spiro atoms. The molecular weight excluding hydrogens is 234 g/mol. The van der Waals surface area contributed by atoms with Crippen LogP contribution in [0.2, 0.25) is 0 Å². The Kier molecular flexibility index (Phi) is 2.48. The molecule has 2 aromatic rings. The summed E-state index contributed by atoms with van der Waals surface area (Å²) in [6.45, 7) is 0. The van der Waals surface area contributed by atoms with Gasteiger partial charge in [0.1, 0.15) is 0 Å². The number of amides is 1. The van der Waals surface area contributed by atoms with Gasteiger partial charge in [-0.3, -0.25) is 9.48 Å². The minimum atomic E-state index is -0.0464. The number of nitrogens with zero attached hydrogens (tertiary/aromatic N) is 2. The molecule has 2 heterocycles. The Bertz CT molecular complexity index is 554. The lowest BCUT2D eigenvalue weighted by Crippen LogP contribution is -2.09. The number of rotatable bonds is 3. The number of carbonyl (C=O) groups excluding carboxylic acids is 1. The number of hydrogen-bond donors (Lipinski definition) is 1. The molecule has 0 aliphatic heterocycles. The van der Waals surface area contributed by atoms with Crippen molar-refractivity contribution in [3.8, 4) is 0 Å². The molecule has 1 saturated carbocycles. The Balaban J connectivity index is 1.72. The van der Waals surface area contributed by atoms with Crippen LogP contribution in [-0.4, -0.2) is 15.7 Å². The number of anilines is 1. The molecule has 3 rings (SSSR count). The highest BCUT2D eigenvalue weighted by Gasteiger charge is 2.25. The Morgan fingerprint density at radius 1 is 1.59 bits per heavy atom. The van der Waals surface area contributed by atoms with Gasteiger partial charge in [0.2, 0.25) is 0 Å². The number of aryl methyl sites for hydroxylation is 1.